The summed E-state index contributed by atoms with van der Waals surface area (Å²) in [6, 6.07) is 0.580. The van der Waals surface area contributed by atoms with Crippen LogP contribution >= 0.6 is 24.0 Å². The number of guanidine groups is 1. The molecule has 1 heterocycles. The van der Waals surface area contributed by atoms with Crippen LogP contribution in [0.15, 0.2) is 4.99 Å². The van der Waals surface area contributed by atoms with E-state index in [1.54, 1.807) is 0 Å². The average Bonchev–Trinajstić information content (AvgIpc) is 3.04. The summed E-state index contributed by atoms with van der Waals surface area (Å²) in [6.07, 6.45) is 4.93. The highest BCUT2D eigenvalue weighted by molar-refractivity contribution is 14.0. The van der Waals surface area contributed by atoms with Gasteiger partial charge in [-0.25, -0.2) is 0 Å². The number of ether oxygens (including phenoxy) is 1. The highest BCUT2D eigenvalue weighted by Crippen LogP contribution is 2.18. The van der Waals surface area contributed by atoms with Crippen LogP contribution < -0.4 is 10.6 Å². The van der Waals surface area contributed by atoms with E-state index in [-0.39, 0.29) is 24.0 Å². The van der Waals surface area contributed by atoms with E-state index in [2.05, 4.69) is 36.3 Å². The van der Waals surface area contributed by atoms with Crippen molar-refractivity contribution in [1.29, 1.82) is 0 Å². The van der Waals surface area contributed by atoms with E-state index < -0.39 is 0 Å². The van der Waals surface area contributed by atoms with Gasteiger partial charge in [0, 0.05) is 32.3 Å². The van der Waals surface area contributed by atoms with Crippen LogP contribution in [-0.2, 0) is 4.74 Å². The van der Waals surface area contributed by atoms with Crippen LogP contribution in [0.1, 0.15) is 53.4 Å². The second kappa shape index (κ2) is 15.2. The predicted octanol–water partition coefficient (Wildman–Crippen LogP) is 3.10. The topological polar surface area (TPSA) is 48.9 Å². The van der Waals surface area contributed by atoms with Crippen molar-refractivity contribution < 1.29 is 4.74 Å². The zero-order valence-electron chi connectivity index (χ0n) is 16.1. The van der Waals surface area contributed by atoms with Crippen LogP contribution in [0.5, 0.6) is 0 Å². The van der Waals surface area contributed by atoms with Crippen LogP contribution in [0.4, 0.5) is 0 Å². The molecule has 1 aliphatic rings. The first-order chi connectivity index (χ1) is 11.2. The maximum Gasteiger partial charge on any atom is 0.191 e. The van der Waals surface area contributed by atoms with Gasteiger partial charge < -0.3 is 15.4 Å². The Kier molecular flexibility index (Phi) is 15.1. The lowest BCUT2D eigenvalue weighted by molar-refractivity contribution is 0.145. The fourth-order valence-corrected chi connectivity index (χ4v) is 3.05. The van der Waals surface area contributed by atoms with Crippen molar-refractivity contribution in [1.82, 2.24) is 15.5 Å². The predicted molar refractivity (Wildman–Crippen MR) is 115 cm³/mol. The Morgan fingerprint density at radius 2 is 1.88 bits per heavy atom. The second-order valence-corrected chi connectivity index (χ2v) is 6.72. The maximum absolute atomic E-state index is 5.38. The van der Waals surface area contributed by atoms with E-state index in [1.165, 1.54) is 32.4 Å². The summed E-state index contributed by atoms with van der Waals surface area (Å²) in [5.74, 6) is 1.66. The molecule has 0 radical (unpaired) electrons. The summed E-state index contributed by atoms with van der Waals surface area (Å²) in [7, 11) is 0. The molecule has 1 saturated heterocycles. The normalized spacial score (nSPS) is 17.0. The Morgan fingerprint density at radius 3 is 2.46 bits per heavy atom. The summed E-state index contributed by atoms with van der Waals surface area (Å²) < 4.78 is 5.38. The van der Waals surface area contributed by atoms with Crippen LogP contribution in [-0.4, -0.2) is 62.8 Å². The molecule has 1 rings (SSSR count). The first kappa shape index (κ1) is 23.9. The number of likely N-dealkylation sites (tertiary alicyclic amines) is 1. The van der Waals surface area contributed by atoms with Gasteiger partial charge in [-0.1, -0.05) is 13.8 Å². The lowest BCUT2D eigenvalue weighted by Gasteiger charge is -2.28. The first-order valence-electron chi connectivity index (χ1n) is 9.51. The van der Waals surface area contributed by atoms with Crippen LogP contribution in [0.3, 0.4) is 0 Å². The number of hydrogen-bond acceptors (Lipinski definition) is 3. The molecular formula is C18H39IN4O. The van der Waals surface area contributed by atoms with Crippen molar-refractivity contribution in [2.75, 3.05) is 45.9 Å². The summed E-state index contributed by atoms with van der Waals surface area (Å²) >= 11 is 0. The number of aliphatic imine (C=N–C) groups is 1. The highest BCUT2D eigenvalue weighted by Gasteiger charge is 2.22. The van der Waals surface area contributed by atoms with Gasteiger partial charge in [0.25, 0.3) is 0 Å². The van der Waals surface area contributed by atoms with E-state index in [4.69, 9.17) is 9.73 Å². The minimum absolute atomic E-state index is 0. The molecule has 0 spiro atoms. The van der Waals surface area contributed by atoms with Gasteiger partial charge in [-0.2, -0.15) is 0 Å². The van der Waals surface area contributed by atoms with Gasteiger partial charge >= 0.3 is 0 Å². The SMILES string of the molecule is CCNC(=NCC(CC(C)C)N1CCCC1)NCCCOCC.I. The molecule has 0 amide bonds. The van der Waals surface area contributed by atoms with Gasteiger partial charge in [0.05, 0.1) is 6.54 Å². The van der Waals surface area contributed by atoms with Crippen LogP contribution in [0, 0.1) is 5.92 Å². The molecule has 0 aromatic rings. The zero-order valence-corrected chi connectivity index (χ0v) is 18.5. The largest absolute Gasteiger partial charge is 0.382 e. The Bertz CT molecular complexity index is 320. The van der Waals surface area contributed by atoms with Gasteiger partial charge in [0.2, 0.25) is 0 Å². The molecule has 5 nitrogen and oxygen atoms in total. The number of hydrogen-bond donors (Lipinski definition) is 2. The standard InChI is InChI=1S/C18H38N4O.HI/c1-5-19-18(20-10-9-13-23-6-2)21-15-17(14-16(3)4)22-11-7-8-12-22;/h16-17H,5-15H2,1-4H3,(H2,19,20,21);1H. The lowest BCUT2D eigenvalue weighted by atomic mass is 10.0. The molecule has 1 fully saturated rings. The summed E-state index contributed by atoms with van der Waals surface area (Å²) in [5.41, 5.74) is 0. The maximum atomic E-state index is 5.38. The van der Waals surface area contributed by atoms with E-state index >= 15 is 0 Å². The van der Waals surface area contributed by atoms with Gasteiger partial charge in [0.1, 0.15) is 0 Å². The Morgan fingerprint density at radius 1 is 1.17 bits per heavy atom. The van der Waals surface area contributed by atoms with Crippen molar-refractivity contribution in [2.45, 2.75) is 59.4 Å². The van der Waals surface area contributed by atoms with Gasteiger partial charge in [-0.05, 0) is 58.5 Å². The first-order valence-corrected chi connectivity index (χ1v) is 9.51. The van der Waals surface area contributed by atoms with Crippen molar-refractivity contribution in [2.24, 2.45) is 10.9 Å². The molecule has 0 aromatic heterocycles. The molecule has 24 heavy (non-hydrogen) atoms. The van der Waals surface area contributed by atoms with Gasteiger partial charge in [0.15, 0.2) is 5.96 Å². The number of nitrogens with one attached hydrogen (secondary N) is 2. The van der Waals surface area contributed by atoms with Crippen molar-refractivity contribution in [3.8, 4) is 0 Å². The molecule has 0 aliphatic carbocycles. The van der Waals surface area contributed by atoms with Crippen molar-refractivity contribution >= 4 is 29.9 Å². The quantitative estimate of drug-likeness (QED) is 0.218. The second-order valence-electron chi connectivity index (χ2n) is 6.72. The average molecular weight is 454 g/mol. The number of rotatable bonds is 11. The Labute approximate surface area is 166 Å². The summed E-state index contributed by atoms with van der Waals surface area (Å²) in [5, 5.41) is 6.77. The molecular weight excluding hydrogens is 415 g/mol. The van der Waals surface area contributed by atoms with Crippen LogP contribution in [0.25, 0.3) is 0 Å². The van der Waals surface area contributed by atoms with Crippen LogP contribution in [0.2, 0.25) is 0 Å². The zero-order chi connectivity index (χ0) is 16.9. The number of nitrogens with zero attached hydrogens (tertiary/aromatic N) is 2. The van der Waals surface area contributed by atoms with E-state index in [9.17, 15) is 0 Å². The molecule has 0 aromatic carbocycles. The molecule has 0 bridgehead atoms. The summed E-state index contributed by atoms with van der Waals surface area (Å²) in [6.45, 7) is 15.5. The van der Waals surface area contributed by atoms with E-state index in [0.29, 0.717) is 6.04 Å². The molecule has 1 unspecified atom stereocenters. The van der Waals surface area contributed by atoms with Crippen molar-refractivity contribution in [3.63, 3.8) is 0 Å². The molecule has 0 saturated carbocycles. The third-order valence-corrected chi connectivity index (χ3v) is 4.17. The molecule has 1 atom stereocenters. The van der Waals surface area contributed by atoms with Crippen molar-refractivity contribution in [3.05, 3.63) is 0 Å². The molecule has 2 N–H and O–H groups in total. The minimum atomic E-state index is 0. The Hall–Kier alpha value is -0.0800. The molecule has 1 aliphatic heterocycles. The lowest BCUT2D eigenvalue weighted by Crippen LogP contribution is -2.41. The third-order valence-electron chi connectivity index (χ3n) is 4.17. The third kappa shape index (κ3) is 10.7. The molecule has 144 valence electrons. The summed E-state index contributed by atoms with van der Waals surface area (Å²) in [4.78, 5) is 7.47. The highest BCUT2D eigenvalue weighted by atomic mass is 127. The van der Waals surface area contributed by atoms with E-state index in [0.717, 1.165) is 51.1 Å². The number of halogens is 1. The smallest absolute Gasteiger partial charge is 0.191 e. The van der Waals surface area contributed by atoms with Gasteiger partial charge in [-0.3, -0.25) is 9.89 Å². The fraction of sp³-hybridized carbons (Fsp3) is 0.944. The Balaban J connectivity index is 0.00000529. The van der Waals surface area contributed by atoms with Gasteiger partial charge in [-0.15, -0.1) is 24.0 Å². The molecule has 6 heteroatoms. The fourth-order valence-electron chi connectivity index (χ4n) is 3.05. The van der Waals surface area contributed by atoms with E-state index in [1.807, 2.05) is 6.92 Å². The monoisotopic (exact) mass is 454 g/mol. The minimum Gasteiger partial charge on any atom is -0.382 e.